The average molecular weight is 409 g/mol. The van der Waals surface area contributed by atoms with Crippen LogP contribution in [0.25, 0.3) is 28.0 Å². The fourth-order valence-electron chi connectivity index (χ4n) is 7.37. The third-order valence-electron chi connectivity index (χ3n) is 8.30. The minimum atomic E-state index is -0.887. The van der Waals surface area contributed by atoms with Gasteiger partial charge >= 0.3 is 5.97 Å². The predicted molar refractivity (Wildman–Crippen MR) is 126 cm³/mol. The van der Waals surface area contributed by atoms with Crippen molar-refractivity contribution >= 4 is 22.8 Å². The second-order valence-corrected chi connectivity index (χ2v) is 10.3. The lowest BCUT2D eigenvalue weighted by Crippen LogP contribution is -2.48. The maximum Gasteiger partial charge on any atom is 0.335 e. The molecule has 4 aliphatic carbocycles. The second-order valence-electron chi connectivity index (χ2n) is 10.3. The molecule has 3 aromatic rings. The van der Waals surface area contributed by atoms with Crippen molar-refractivity contribution in [1.82, 2.24) is 0 Å². The molecule has 4 saturated carbocycles. The Morgan fingerprint density at radius 1 is 0.839 bits per heavy atom. The average Bonchev–Trinajstić information content (AvgIpc) is 2.77. The molecule has 0 unspecified atom stereocenters. The molecule has 7 rings (SSSR count). The molecule has 0 heterocycles. The summed E-state index contributed by atoms with van der Waals surface area (Å²) in [6.07, 6.45) is 10.5. The van der Waals surface area contributed by atoms with Gasteiger partial charge in [0, 0.05) is 0 Å². The van der Waals surface area contributed by atoms with Gasteiger partial charge in [0.25, 0.3) is 0 Å². The molecular weight excluding hydrogens is 380 g/mol. The van der Waals surface area contributed by atoms with Crippen LogP contribution in [0.2, 0.25) is 0 Å². The van der Waals surface area contributed by atoms with Crippen molar-refractivity contribution in [3.05, 3.63) is 77.9 Å². The van der Waals surface area contributed by atoms with Crippen molar-refractivity contribution in [3.8, 4) is 11.1 Å². The first kappa shape index (κ1) is 18.9. The minimum absolute atomic E-state index is 0.323. The Labute approximate surface area is 183 Å². The molecule has 1 N–H and O–H groups in total. The van der Waals surface area contributed by atoms with Crippen molar-refractivity contribution in [2.45, 2.75) is 43.9 Å². The zero-order valence-electron chi connectivity index (χ0n) is 17.8. The molecule has 3 aromatic carbocycles. The van der Waals surface area contributed by atoms with Gasteiger partial charge in [-0.2, -0.15) is 0 Å². The number of aromatic carboxylic acids is 1. The topological polar surface area (TPSA) is 37.3 Å². The Hall–Kier alpha value is -2.87. The minimum Gasteiger partial charge on any atom is -0.478 e. The van der Waals surface area contributed by atoms with Gasteiger partial charge in [-0.25, -0.2) is 4.79 Å². The highest BCUT2D eigenvalue weighted by Gasteiger charge is 2.52. The van der Waals surface area contributed by atoms with Crippen LogP contribution in [0, 0.1) is 17.8 Å². The Morgan fingerprint density at radius 3 is 2.03 bits per heavy atom. The zero-order valence-corrected chi connectivity index (χ0v) is 17.8. The molecule has 156 valence electrons. The first-order valence-electron chi connectivity index (χ1n) is 11.6. The highest BCUT2D eigenvalue weighted by Crippen LogP contribution is 2.61. The normalized spacial score (nSPS) is 28.7. The number of rotatable bonds is 4. The number of carboxylic acids is 1. The van der Waals surface area contributed by atoms with Crippen LogP contribution in [0.1, 0.15) is 60.0 Å². The van der Waals surface area contributed by atoms with E-state index < -0.39 is 5.97 Å². The van der Waals surface area contributed by atoms with Gasteiger partial charge < -0.3 is 5.11 Å². The quantitative estimate of drug-likeness (QED) is 0.491. The summed E-state index contributed by atoms with van der Waals surface area (Å²) in [7, 11) is 0. The summed E-state index contributed by atoms with van der Waals surface area (Å²) in [4.78, 5) is 11.2. The first-order chi connectivity index (χ1) is 15.0. The van der Waals surface area contributed by atoms with Gasteiger partial charge in [-0.3, -0.25) is 0 Å². The molecule has 0 atom stereocenters. The Balaban J connectivity index is 1.45. The van der Waals surface area contributed by atoms with Gasteiger partial charge in [-0.15, -0.1) is 0 Å². The molecule has 0 spiro atoms. The summed E-state index contributed by atoms with van der Waals surface area (Å²) in [6, 6.07) is 18.5. The molecule has 0 amide bonds. The fraction of sp³-hybridized carbons (Fsp3) is 0.345. The van der Waals surface area contributed by atoms with E-state index in [1.165, 1.54) is 60.4 Å². The lowest BCUT2D eigenvalue weighted by molar-refractivity contribution is -0.00521. The van der Waals surface area contributed by atoms with Crippen molar-refractivity contribution in [3.63, 3.8) is 0 Å². The first-order valence-corrected chi connectivity index (χ1v) is 11.6. The second kappa shape index (κ2) is 6.82. The van der Waals surface area contributed by atoms with Crippen molar-refractivity contribution in [1.29, 1.82) is 0 Å². The molecule has 0 aliphatic heterocycles. The van der Waals surface area contributed by atoms with E-state index in [2.05, 4.69) is 43.0 Å². The number of benzene rings is 3. The lowest BCUT2D eigenvalue weighted by Gasteiger charge is -2.57. The third kappa shape index (κ3) is 3.04. The van der Waals surface area contributed by atoms with Crippen LogP contribution in [0.15, 0.2) is 61.2 Å². The molecule has 4 fully saturated rings. The van der Waals surface area contributed by atoms with Gasteiger partial charge in [0.2, 0.25) is 0 Å². The lowest BCUT2D eigenvalue weighted by atomic mass is 9.47. The summed E-state index contributed by atoms with van der Waals surface area (Å²) in [5.41, 5.74) is 5.68. The summed E-state index contributed by atoms with van der Waals surface area (Å²) in [6.45, 7) is 4.17. The number of fused-ring (bicyclic) bond motifs is 1. The summed E-state index contributed by atoms with van der Waals surface area (Å²) >= 11 is 0. The van der Waals surface area contributed by atoms with Gasteiger partial charge in [-0.05, 0) is 125 Å². The zero-order chi connectivity index (χ0) is 21.2. The molecule has 4 bridgehead atoms. The number of carbonyl (C=O) groups is 1. The van der Waals surface area contributed by atoms with E-state index in [4.69, 9.17) is 0 Å². The number of carboxylic acid groups (broad SMARTS) is 1. The third-order valence-corrected chi connectivity index (χ3v) is 8.30. The predicted octanol–water partition coefficient (Wildman–Crippen LogP) is 7.32. The molecule has 0 radical (unpaired) electrons. The summed E-state index contributed by atoms with van der Waals surface area (Å²) in [5, 5.41) is 11.7. The van der Waals surface area contributed by atoms with E-state index >= 15 is 0 Å². The summed E-state index contributed by atoms with van der Waals surface area (Å²) < 4.78 is 0. The SMILES string of the molecule is C=Cc1cc2ccc(-c3ccc(C(=O)O)cc3)cc2cc1C12CC3CC(CC(C3)C1)C2. The molecular formula is C29H28O2. The number of hydrogen-bond acceptors (Lipinski definition) is 1. The largest absolute Gasteiger partial charge is 0.478 e. The van der Waals surface area contributed by atoms with Gasteiger partial charge in [-0.1, -0.05) is 36.9 Å². The fourth-order valence-corrected chi connectivity index (χ4v) is 7.37. The standard InChI is InChI=1S/C29H28O2/c1-2-21-12-25-8-7-24(22-3-5-23(6-4-22)28(30)31)13-26(25)14-27(21)29-15-18-9-19(16-29)11-20(10-18)17-29/h2-8,12-14,18-20H,1,9-11,15-17H2,(H,30,31). The molecule has 2 heteroatoms. The van der Waals surface area contributed by atoms with Crippen molar-refractivity contribution in [2.24, 2.45) is 17.8 Å². The Kier molecular flexibility index (Phi) is 4.15. The van der Waals surface area contributed by atoms with Gasteiger partial charge in [0.1, 0.15) is 0 Å². The maximum atomic E-state index is 11.2. The van der Waals surface area contributed by atoms with Gasteiger partial charge in [0.15, 0.2) is 0 Å². The molecule has 4 aliphatic rings. The van der Waals surface area contributed by atoms with E-state index in [9.17, 15) is 9.90 Å². The smallest absolute Gasteiger partial charge is 0.335 e. The van der Waals surface area contributed by atoms with E-state index in [-0.39, 0.29) is 0 Å². The molecule has 2 nitrogen and oxygen atoms in total. The van der Waals surface area contributed by atoms with Crippen LogP contribution in [0.5, 0.6) is 0 Å². The van der Waals surface area contributed by atoms with Crippen LogP contribution in [0.4, 0.5) is 0 Å². The molecule has 0 saturated heterocycles. The van der Waals surface area contributed by atoms with E-state index in [0.717, 1.165) is 28.9 Å². The van der Waals surface area contributed by atoms with Crippen LogP contribution >= 0.6 is 0 Å². The molecule has 0 aromatic heterocycles. The van der Waals surface area contributed by atoms with Crippen LogP contribution < -0.4 is 0 Å². The van der Waals surface area contributed by atoms with Crippen LogP contribution in [0.3, 0.4) is 0 Å². The Morgan fingerprint density at radius 2 is 1.45 bits per heavy atom. The highest BCUT2D eigenvalue weighted by atomic mass is 16.4. The van der Waals surface area contributed by atoms with Crippen LogP contribution in [-0.4, -0.2) is 11.1 Å². The molecule has 31 heavy (non-hydrogen) atoms. The number of hydrogen-bond donors (Lipinski definition) is 1. The summed E-state index contributed by atoms with van der Waals surface area (Å²) in [5.74, 6) is 1.86. The van der Waals surface area contributed by atoms with Crippen molar-refractivity contribution in [2.75, 3.05) is 0 Å². The Bertz CT molecular complexity index is 1170. The monoisotopic (exact) mass is 408 g/mol. The van der Waals surface area contributed by atoms with E-state index in [1.807, 2.05) is 12.1 Å². The highest BCUT2D eigenvalue weighted by molar-refractivity contribution is 5.91. The van der Waals surface area contributed by atoms with E-state index in [0.29, 0.717) is 11.0 Å². The maximum absolute atomic E-state index is 11.2. The van der Waals surface area contributed by atoms with E-state index in [1.54, 1.807) is 12.1 Å². The van der Waals surface area contributed by atoms with Crippen LogP contribution in [-0.2, 0) is 5.41 Å². The van der Waals surface area contributed by atoms with Gasteiger partial charge in [0.05, 0.1) is 5.56 Å². The van der Waals surface area contributed by atoms with Crippen molar-refractivity contribution < 1.29 is 9.90 Å².